The molecule has 0 aliphatic rings. The first-order valence-corrected chi connectivity index (χ1v) is 4.89. The zero-order valence-corrected chi connectivity index (χ0v) is 8.88. The van der Waals surface area contributed by atoms with Gasteiger partial charge in [-0.1, -0.05) is 13.8 Å². The van der Waals surface area contributed by atoms with Crippen molar-refractivity contribution < 1.29 is 5.11 Å². The van der Waals surface area contributed by atoms with Crippen LogP contribution in [-0.2, 0) is 0 Å². The molecule has 2 heteroatoms. The Labute approximate surface area is 76.6 Å². The Hall–Kier alpha value is -0.0800. The maximum absolute atomic E-state index is 8.75. The van der Waals surface area contributed by atoms with Crippen LogP contribution in [-0.4, -0.2) is 36.8 Å². The first-order valence-electron chi connectivity index (χ1n) is 4.89. The largest absolute Gasteiger partial charge is 0.396 e. The van der Waals surface area contributed by atoms with Gasteiger partial charge in [0.1, 0.15) is 0 Å². The SMILES string of the molecule is CCC(CC(C)CCO)N(C)C. The molecule has 0 rings (SSSR count). The molecular weight excluding hydrogens is 150 g/mol. The minimum Gasteiger partial charge on any atom is -0.396 e. The summed E-state index contributed by atoms with van der Waals surface area (Å²) in [6, 6.07) is 0.673. The van der Waals surface area contributed by atoms with Gasteiger partial charge in [-0.3, -0.25) is 0 Å². The second-order valence-electron chi connectivity index (χ2n) is 3.88. The number of rotatable bonds is 6. The van der Waals surface area contributed by atoms with Gasteiger partial charge >= 0.3 is 0 Å². The van der Waals surface area contributed by atoms with E-state index in [2.05, 4.69) is 32.8 Å². The summed E-state index contributed by atoms with van der Waals surface area (Å²) in [5.41, 5.74) is 0. The molecule has 0 aromatic rings. The lowest BCUT2D eigenvalue weighted by atomic mass is 9.97. The van der Waals surface area contributed by atoms with Crippen molar-refractivity contribution in [2.75, 3.05) is 20.7 Å². The van der Waals surface area contributed by atoms with E-state index in [1.165, 1.54) is 12.8 Å². The topological polar surface area (TPSA) is 23.5 Å². The standard InChI is InChI=1S/C10H23NO/c1-5-10(11(3)4)8-9(2)6-7-12/h9-10,12H,5-8H2,1-4H3. The molecule has 0 aromatic heterocycles. The summed E-state index contributed by atoms with van der Waals surface area (Å²) in [5.74, 6) is 0.641. The van der Waals surface area contributed by atoms with E-state index in [0.29, 0.717) is 18.6 Å². The predicted octanol–water partition coefficient (Wildman–Crippen LogP) is 1.74. The third-order valence-corrected chi connectivity index (χ3v) is 2.50. The summed E-state index contributed by atoms with van der Waals surface area (Å²) in [7, 11) is 4.25. The molecule has 0 fully saturated rings. The van der Waals surface area contributed by atoms with Crippen LogP contribution >= 0.6 is 0 Å². The Morgan fingerprint density at radius 3 is 2.25 bits per heavy atom. The Balaban J connectivity index is 3.69. The quantitative estimate of drug-likeness (QED) is 0.661. The van der Waals surface area contributed by atoms with E-state index in [1.54, 1.807) is 0 Å². The van der Waals surface area contributed by atoms with Crippen LogP contribution in [0.4, 0.5) is 0 Å². The summed E-state index contributed by atoms with van der Waals surface area (Å²) in [4.78, 5) is 2.27. The van der Waals surface area contributed by atoms with Crippen LogP contribution < -0.4 is 0 Å². The van der Waals surface area contributed by atoms with E-state index >= 15 is 0 Å². The Bertz CT molecular complexity index is 104. The average molecular weight is 173 g/mol. The van der Waals surface area contributed by atoms with E-state index in [4.69, 9.17) is 5.11 Å². The fourth-order valence-corrected chi connectivity index (χ4v) is 1.55. The van der Waals surface area contributed by atoms with Gasteiger partial charge in [-0.15, -0.1) is 0 Å². The zero-order valence-electron chi connectivity index (χ0n) is 8.88. The highest BCUT2D eigenvalue weighted by molar-refractivity contribution is 4.67. The first kappa shape index (κ1) is 11.9. The van der Waals surface area contributed by atoms with Crippen LogP contribution in [0.1, 0.15) is 33.1 Å². The van der Waals surface area contributed by atoms with Crippen molar-refractivity contribution in [1.82, 2.24) is 4.90 Å². The third kappa shape index (κ3) is 4.73. The average Bonchev–Trinajstić information content (AvgIpc) is 2.00. The highest BCUT2D eigenvalue weighted by Crippen LogP contribution is 2.14. The molecule has 0 aromatic carbocycles. The van der Waals surface area contributed by atoms with E-state index < -0.39 is 0 Å². The van der Waals surface area contributed by atoms with Crippen LogP contribution in [0.25, 0.3) is 0 Å². The molecule has 0 radical (unpaired) electrons. The predicted molar refractivity (Wildman–Crippen MR) is 53.2 cm³/mol. The fraction of sp³-hybridized carbons (Fsp3) is 1.00. The van der Waals surface area contributed by atoms with E-state index in [9.17, 15) is 0 Å². The Kier molecular flexibility index (Phi) is 6.39. The van der Waals surface area contributed by atoms with Crippen molar-refractivity contribution in [2.24, 2.45) is 5.92 Å². The van der Waals surface area contributed by atoms with Crippen LogP contribution in [0.3, 0.4) is 0 Å². The molecule has 74 valence electrons. The fourth-order valence-electron chi connectivity index (χ4n) is 1.55. The van der Waals surface area contributed by atoms with Crippen LogP contribution in [0.2, 0.25) is 0 Å². The van der Waals surface area contributed by atoms with Gasteiger partial charge in [0.2, 0.25) is 0 Å². The van der Waals surface area contributed by atoms with Crippen molar-refractivity contribution in [1.29, 1.82) is 0 Å². The number of hydrogen-bond acceptors (Lipinski definition) is 2. The minimum absolute atomic E-state index is 0.324. The molecule has 0 spiro atoms. The van der Waals surface area contributed by atoms with Crippen LogP contribution in [0.15, 0.2) is 0 Å². The van der Waals surface area contributed by atoms with E-state index in [-0.39, 0.29) is 0 Å². The van der Waals surface area contributed by atoms with Gasteiger partial charge in [0.25, 0.3) is 0 Å². The summed E-state index contributed by atoms with van der Waals surface area (Å²) in [5, 5.41) is 8.75. The molecule has 0 bridgehead atoms. The first-order chi connectivity index (χ1) is 5.61. The molecule has 0 aliphatic heterocycles. The van der Waals surface area contributed by atoms with Gasteiger partial charge in [-0.05, 0) is 39.3 Å². The van der Waals surface area contributed by atoms with Crippen LogP contribution in [0, 0.1) is 5.92 Å². The number of nitrogens with zero attached hydrogens (tertiary/aromatic N) is 1. The van der Waals surface area contributed by atoms with Crippen molar-refractivity contribution >= 4 is 0 Å². The molecule has 2 unspecified atom stereocenters. The van der Waals surface area contributed by atoms with Gasteiger partial charge in [0, 0.05) is 12.6 Å². The molecule has 0 saturated carbocycles. The Morgan fingerprint density at radius 1 is 1.33 bits per heavy atom. The number of hydrogen-bond donors (Lipinski definition) is 1. The lowest BCUT2D eigenvalue weighted by molar-refractivity contribution is 0.210. The molecular formula is C10H23NO. The maximum atomic E-state index is 8.75. The van der Waals surface area contributed by atoms with Gasteiger partial charge in [0.15, 0.2) is 0 Å². The molecule has 0 aliphatic carbocycles. The highest BCUT2D eigenvalue weighted by Gasteiger charge is 2.12. The van der Waals surface area contributed by atoms with Crippen LogP contribution in [0.5, 0.6) is 0 Å². The zero-order chi connectivity index (χ0) is 9.56. The molecule has 2 atom stereocenters. The van der Waals surface area contributed by atoms with Crippen molar-refractivity contribution in [3.05, 3.63) is 0 Å². The molecule has 12 heavy (non-hydrogen) atoms. The minimum atomic E-state index is 0.324. The summed E-state index contributed by atoms with van der Waals surface area (Å²) >= 11 is 0. The van der Waals surface area contributed by atoms with E-state index in [0.717, 1.165) is 6.42 Å². The molecule has 1 N–H and O–H groups in total. The maximum Gasteiger partial charge on any atom is 0.0433 e. The van der Waals surface area contributed by atoms with Gasteiger partial charge in [-0.2, -0.15) is 0 Å². The van der Waals surface area contributed by atoms with Gasteiger partial charge in [0.05, 0.1) is 0 Å². The normalized spacial score (nSPS) is 16.5. The van der Waals surface area contributed by atoms with Crippen molar-refractivity contribution in [3.63, 3.8) is 0 Å². The summed E-state index contributed by atoms with van der Waals surface area (Å²) in [6.07, 6.45) is 3.33. The highest BCUT2D eigenvalue weighted by atomic mass is 16.3. The second kappa shape index (κ2) is 6.44. The second-order valence-corrected chi connectivity index (χ2v) is 3.88. The summed E-state index contributed by atoms with van der Waals surface area (Å²) < 4.78 is 0. The monoisotopic (exact) mass is 173 g/mol. The lowest BCUT2D eigenvalue weighted by Crippen LogP contribution is -2.29. The Morgan fingerprint density at radius 2 is 1.92 bits per heavy atom. The third-order valence-electron chi connectivity index (χ3n) is 2.50. The molecule has 0 saturated heterocycles. The van der Waals surface area contributed by atoms with Crippen molar-refractivity contribution in [3.8, 4) is 0 Å². The van der Waals surface area contributed by atoms with Gasteiger partial charge in [-0.25, -0.2) is 0 Å². The van der Waals surface area contributed by atoms with E-state index in [1.807, 2.05) is 0 Å². The van der Waals surface area contributed by atoms with Crippen molar-refractivity contribution in [2.45, 2.75) is 39.2 Å². The summed E-state index contributed by atoms with van der Waals surface area (Å²) in [6.45, 7) is 4.75. The number of aliphatic hydroxyl groups is 1. The lowest BCUT2D eigenvalue weighted by Gasteiger charge is -2.25. The number of aliphatic hydroxyl groups excluding tert-OH is 1. The molecule has 0 heterocycles. The molecule has 2 nitrogen and oxygen atoms in total. The van der Waals surface area contributed by atoms with Gasteiger partial charge < -0.3 is 10.0 Å². The molecule has 0 amide bonds. The smallest absolute Gasteiger partial charge is 0.0433 e.